The number of rotatable bonds is 1. The number of fused-ring (bicyclic) bond motifs is 1. The van der Waals surface area contributed by atoms with Gasteiger partial charge in [-0.3, -0.25) is 4.79 Å². The van der Waals surface area contributed by atoms with Crippen LogP contribution in [0.25, 0.3) is 10.8 Å². The van der Waals surface area contributed by atoms with E-state index in [1.54, 1.807) is 6.20 Å². The summed E-state index contributed by atoms with van der Waals surface area (Å²) in [6, 6.07) is 6.44. The molecule has 1 amide bonds. The summed E-state index contributed by atoms with van der Waals surface area (Å²) < 4.78 is 0. The van der Waals surface area contributed by atoms with Gasteiger partial charge in [0.05, 0.1) is 5.56 Å². The number of halogens is 1. The van der Waals surface area contributed by atoms with E-state index in [0.717, 1.165) is 16.3 Å². The molecule has 1 aromatic heterocycles. The Morgan fingerprint density at radius 1 is 1.32 bits per heavy atom. The van der Waals surface area contributed by atoms with Crippen LogP contribution < -0.4 is 5.32 Å². The normalized spacial score (nSPS) is 22.1. The van der Waals surface area contributed by atoms with Crippen LogP contribution in [0, 0.1) is 6.92 Å². The highest BCUT2D eigenvalue weighted by atomic mass is 35.5. The van der Waals surface area contributed by atoms with Crippen LogP contribution in [-0.2, 0) is 0 Å². The molecule has 1 fully saturated rings. The van der Waals surface area contributed by atoms with Crippen LogP contribution >= 0.6 is 11.6 Å². The number of carbonyl (C=O) groups excluding carboxylic acids is 1. The highest BCUT2D eigenvalue weighted by Crippen LogP contribution is 2.28. The average molecular weight is 318 g/mol. The largest absolute Gasteiger partial charge is 0.335 e. The van der Waals surface area contributed by atoms with E-state index in [0.29, 0.717) is 35.9 Å². The van der Waals surface area contributed by atoms with E-state index < -0.39 is 0 Å². The van der Waals surface area contributed by atoms with Crippen LogP contribution in [0.3, 0.4) is 0 Å². The van der Waals surface area contributed by atoms with Crippen molar-refractivity contribution in [3.63, 3.8) is 0 Å². The smallest absolute Gasteiger partial charge is 0.256 e. The van der Waals surface area contributed by atoms with Gasteiger partial charge in [0.2, 0.25) is 0 Å². The first kappa shape index (κ1) is 15.3. The van der Waals surface area contributed by atoms with Crippen molar-refractivity contribution in [2.75, 3.05) is 13.1 Å². The van der Waals surface area contributed by atoms with Gasteiger partial charge in [0.1, 0.15) is 5.15 Å². The number of nitrogens with zero attached hydrogens (tertiary/aromatic N) is 2. The van der Waals surface area contributed by atoms with Gasteiger partial charge in [0.25, 0.3) is 5.91 Å². The third-order valence-corrected chi connectivity index (χ3v) is 4.45. The molecular formula is C17H20ClN3O. The third kappa shape index (κ3) is 2.69. The summed E-state index contributed by atoms with van der Waals surface area (Å²) in [5, 5.41) is 5.63. The molecule has 1 aliphatic rings. The Kier molecular flexibility index (Phi) is 4.06. The summed E-state index contributed by atoms with van der Waals surface area (Å²) >= 11 is 6.19. The van der Waals surface area contributed by atoms with E-state index in [4.69, 9.17) is 11.6 Å². The van der Waals surface area contributed by atoms with Crippen LogP contribution in [-0.4, -0.2) is 41.0 Å². The molecule has 22 heavy (non-hydrogen) atoms. The van der Waals surface area contributed by atoms with Crippen molar-refractivity contribution in [3.05, 3.63) is 40.7 Å². The number of hydrogen-bond acceptors (Lipinski definition) is 3. The van der Waals surface area contributed by atoms with Crippen molar-refractivity contribution in [1.29, 1.82) is 0 Å². The van der Waals surface area contributed by atoms with Gasteiger partial charge in [0, 0.05) is 42.1 Å². The van der Waals surface area contributed by atoms with Crippen molar-refractivity contribution in [2.24, 2.45) is 0 Å². The molecule has 0 spiro atoms. The number of hydrogen-bond donors (Lipinski definition) is 1. The second kappa shape index (κ2) is 5.86. The molecule has 4 nitrogen and oxygen atoms in total. The summed E-state index contributed by atoms with van der Waals surface area (Å²) in [6.07, 6.45) is 1.61. The molecule has 0 aliphatic carbocycles. The maximum absolute atomic E-state index is 13.0. The van der Waals surface area contributed by atoms with Gasteiger partial charge in [-0.25, -0.2) is 4.98 Å². The minimum Gasteiger partial charge on any atom is -0.335 e. The second-order valence-corrected chi connectivity index (χ2v) is 6.50. The molecule has 2 heterocycles. The lowest BCUT2D eigenvalue weighted by atomic mass is 10.0. The Hall–Kier alpha value is -1.65. The average Bonchev–Trinajstić information content (AvgIpc) is 2.47. The van der Waals surface area contributed by atoms with E-state index >= 15 is 0 Å². The molecule has 116 valence electrons. The van der Waals surface area contributed by atoms with Crippen molar-refractivity contribution in [2.45, 2.75) is 32.9 Å². The first-order valence-corrected chi connectivity index (χ1v) is 7.94. The number of pyridine rings is 1. The quantitative estimate of drug-likeness (QED) is 0.822. The molecular weight excluding hydrogens is 298 g/mol. The molecule has 2 atom stereocenters. The van der Waals surface area contributed by atoms with Crippen molar-refractivity contribution < 1.29 is 4.79 Å². The van der Waals surface area contributed by atoms with Gasteiger partial charge < -0.3 is 10.2 Å². The van der Waals surface area contributed by atoms with Gasteiger partial charge >= 0.3 is 0 Å². The first-order chi connectivity index (χ1) is 10.5. The molecule has 0 saturated carbocycles. The van der Waals surface area contributed by atoms with Gasteiger partial charge in [0.15, 0.2) is 0 Å². The molecule has 1 N–H and O–H groups in total. The Balaban J connectivity index is 2.06. The predicted octanol–water partition coefficient (Wildman–Crippen LogP) is 3.02. The molecule has 1 aromatic carbocycles. The topological polar surface area (TPSA) is 45.2 Å². The zero-order valence-electron chi connectivity index (χ0n) is 13.1. The number of aromatic nitrogens is 1. The standard InChI is InChI=1S/C17H20ClN3O/c1-10-5-4-6-13-15(10)14(7-19-16(13)18)17(22)21-8-11(2)20-12(3)9-21/h4-7,11-12,20H,8-9H2,1-3H3. The minimum absolute atomic E-state index is 0.0312. The number of nitrogens with one attached hydrogen (secondary N) is 1. The summed E-state index contributed by atoms with van der Waals surface area (Å²) in [7, 11) is 0. The molecule has 0 bridgehead atoms. The van der Waals surface area contributed by atoms with Crippen LogP contribution in [0.1, 0.15) is 29.8 Å². The lowest BCUT2D eigenvalue weighted by Crippen LogP contribution is -2.55. The first-order valence-electron chi connectivity index (χ1n) is 7.56. The van der Waals surface area contributed by atoms with E-state index in [1.807, 2.05) is 30.0 Å². The second-order valence-electron chi connectivity index (χ2n) is 6.14. The van der Waals surface area contributed by atoms with Crippen LogP contribution in [0.4, 0.5) is 0 Å². The Morgan fingerprint density at radius 2 is 2.00 bits per heavy atom. The van der Waals surface area contributed by atoms with E-state index in [2.05, 4.69) is 24.1 Å². The Morgan fingerprint density at radius 3 is 2.68 bits per heavy atom. The van der Waals surface area contributed by atoms with Crippen LogP contribution in [0.2, 0.25) is 5.15 Å². The SMILES string of the molecule is Cc1cccc2c(Cl)ncc(C(=O)N3CC(C)NC(C)C3)c12. The third-order valence-electron chi connectivity index (χ3n) is 4.15. The zero-order valence-corrected chi connectivity index (χ0v) is 13.8. The molecule has 0 radical (unpaired) electrons. The van der Waals surface area contributed by atoms with Crippen molar-refractivity contribution >= 4 is 28.3 Å². The summed E-state index contributed by atoms with van der Waals surface area (Å²) in [4.78, 5) is 19.1. The number of aryl methyl sites for hydroxylation is 1. The lowest BCUT2D eigenvalue weighted by molar-refractivity contribution is 0.0675. The van der Waals surface area contributed by atoms with Gasteiger partial charge in [-0.1, -0.05) is 29.8 Å². The molecule has 2 aromatic rings. The summed E-state index contributed by atoms with van der Waals surface area (Å²) in [6.45, 7) is 7.61. The molecule has 5 heteroatoms. The number of benzene rings is 1. The van der Waals surface area contributed by atoms with Gasteiger partial charge in [-0.2, -0.15) is 0 Å². The van der Waals surface area contributed by atoms with E-state index in [-0.39, 0.29) is 5.91 Å². The van der Waals surface area contributed by atoms with Crippen LogP contribution in [0.15, 0.2) is 24.4 Å². The summed E-state index contributed by atoms with van der Waals surface area (Å²) in [5.74, 6) is 0.0312. The maximum Gasteiger partial charge on any atom is 0.256 e. The lowest BCUT2D eigenvalue weighted by Gasteiger charge is -2.36. The van der Waals surface area contributed by atoms with Crippen molar-refractivity contribution in [1.82, 2.24) is 15.2 Å². The highest BCUT2D eigenvalue weighted by molar-refractivity contribution is 6.35. The van der Waals surface area contributed by atoms with Gasteiger partial charge in [-0.05, 0) is 26.3 Å². The number of carbonyl (C=O) groups is 1. The minimum atomic E-state index is 0.0312. The van der Waals surface area contributed by atoms with Gasteiger partial charge in [-0.15, -0.1) is 0 Å². The fourth-order valence-corrected chi connectivity index (χ4v) is 3.48. The fourth-order valence-electron chi connectivity index (χ4n) is 3.28. The van der Waals surface area contributed by atoms with Crippen LogP contribution in [0.5, 0.6) is 0 Å². The Bertz CT molecular complexity index is 721. The summed E-state index contributed by atoms with van der Waals surface area (Å²) in [5.41, 5.74) is 1.68. The zero-order chi connectivity index (χ0) is 15.9. The number of amides is 1. The molecule has 1 aliphatic heterocycles. The van der Waals surface area contributed by atoms with Crippen molar-refractivity contribution in [3.8, 4) is 0 Å². The molecule has 2 unspecified atom stereocenters. The number of piperazine rings is 1. The predicted molar refractivity (Wildman–Crippen MR) is 89.5 cm³/mol. The molecule has 1 saturated heterocycles. The van der Waals surface area contributed by atoms with E-state index in [9.17, 15) is 4.79 Å². The molecule has 3 rings (SSSR count). The Labute approximate surface area is 135 Å². The monoisotopic (exact) mass is 317 g/mol. The van der Waals surface area contributed by atoms with E-state index in [1.165, 1.54) is 0 Å². The maximum atomic E-state index is 13.0. The fraction of sp³-hybridized carbons (Fsp3) is 0.412. The highest BCUT2D eigenvalue weighted by Gasteiger charge is 2.27.